The summed E-state index contributed by atoms with van der Waals surface area (Å²) in [4.78, 5) is 35.8. The minimum Gasteiger partial charge on any atom is -0.489 e. The number of hydrogen-bond acceptors (Lipinski definition) is 6. The second-order valence-electron chi connectivity index (χ2n) is 7.62. The summed E-state index contributed by atoms with van der Waals surface area (Å²) in [6.07, 6.45) is 1.59. The van der Waals surface area contributed by atoms with Crippen molar-refractivity contribution >= 4 is 17.5 Å². The number of rotatable bonds is 3. The first-order valence-electron chi connectivity index (χ1n) is 10.0. The molecule has 8 nitrogen and oxygen atoms in total. The summed E-state index contributed by atoms with van der Waals surface area (Å²) >= 11 is 0. The molecule has 0 radical (unpaired) electrons. The van der Waals surface area contributed by atoms with Gasteiger partial charge < -0.3 is 15.0 Å². The molecular weight excluding hydrogens is 406 g/mol. The van der Waals surface area contributed by atoms with Gasteiger partial charge in [-0.1, -0.05) is 29.8 Å². The molecule has 1 N–H and O–H groups in total. The molecule has 2 heterocycles. The Morgan fingerprint density at radius 1 is 1.22 bits per heavy atom. The van der Waals surface area contributed by atoms with Gasteiger partial charge >= 0.3 is 0 Å². The first-order chi connectivity index (χ1) is 15.4. The molecule has 2 amide bonds. The molecule has 160 valence electrons. The molecule has 0 fully saturated rings. The monoisotopic (exact) mass is 427 g/mol. The van der Waals surface area contributed by atoms with Crippen LogP contribution in [-0.4, -0.2) is 41.5 Å². The molecule has 0 aliphatic carbocycles. The quantitative estimate of drug-likeness (QED) is 0.689. The molecule has 1 unspecified atom stereocenters. The number of nitrogens with zero attached hydrogens (tertiary/aromatic N) is 4. The van der Waals surface area contributed by atoms with Crippen LogP contribution in [0.4, 0.5) is 5.69 Å². The van der Waals surface area contributed by atoms with E-state index in [1.54, 1.807) is 31.4 Å². The van der Waals surface area contributed by atoms with E-state index < -0.39 is 11.9 Å². The van der Waals surface area contributed by atoms with Crippen LogP contribution in [0, 0.1) is 25.2 Å². The fourth-order valence-corrected chi connectivity index (χ4v) is 3.45. The predicted molar refractivity (Wildman–Crippen MR) is 118 cm³/mol. The molecule has 2 aromatic carbocycles. The van der Waals surface area contributed by atoms with Gasteiger partial charge in [0.05, 0.1) is 23.0 Å². The zero-order chi connectivity index (χ0) is 22.8. The summed E-state index contributed by atoms with van der Waals surface area (Å²) in [6.45, 7) is 3.80. The number of aryl methyl sites for hydroxylation is 2. The zero-order valence-corrected chi connectivity index (χ0v) is 17.9. The van der Waals surface area contributed by atoms with Gasteiger partial charge in [-0.15, -0.1) is 0 Å². The van der Waals surface area contributed by atoms with Gasteiger partial charge in [0.1, 0.15) is 18.4 Å². The van der Waals surface area contributed by atoms with Crippen LogP contribution in [-0.2, 0) is 4.79 Å². The average molecular weight is 427 g/mol. The third kappa shape index (κ3) is 4.01. The number of anilines is 1. The van der Waals surface area contributed by atoms with Gasteiger partial charge in [-0.05, 0) is 31.5 Å². The Hall–Kier alpha value is -4.25. The molecule has 0 saturated heterocycles. The lowest BCUT2D eigenvalue weighted by molar-refractivity contribution is -0.120. The molecule has 32 heavy (non-hydrogen) atoms. The van der Waals surface area contributed by atoms with Gasteiger partial charge in [-0.3, -0.25) is 9.59 Å². The number of hydrogen-bond donors (Lipinski definition) is 1. The van der Waals surface area contributed by atoms with Gasteiger partial charge in [0.2, 0.25) is 5.82 Å². The molecule has 3 aromatic rings. The molecule has 0 saturated carbocycles. The Morgan fingerprint density at radius 2 is 1.97 bits per heavy atom. The molecule has 0 spiro atoms. The van der Waals surface area contributed by atoms with E-state index in [-0.39, 0.29) is 18.3 Å². The maximum atomic E-state index is 12.9. The van der Waals surface area contributed by atoms with Crippen LogP contribution in [0.1, 0.15) is 27.3 Å². The molecule has 4 rings (SSSR count). The second kappa shape index (κ2) is 8.47. The van der Waals surface area contributed by atoms with E-state index in [1.165, 1.54) is 4.90 Å². The highest BCUT2D eigenvalue weighted by Gasteiger charge is 2.31. The van der Waals surface area contributed by atoms with Crippen LogP contribution >= 0.6 is 0 Å². The second-order valence-corrected chi connectivity index (χ2v) is 7.62. The first kappa shape index (κ1) is 21.0. The van der Waals surface area contributed by atoms with Crippen molar-refractivity contribution in [1.29, 1.82) is 5.26 Å². The summed E-state index contributed by atoms with van der Waals surface area (Å²) in [5.74, 6) is -0.537. The smallest absolute Gasteiger partial charge is 0.289 e. The fourth-order valence-electron chi connectivity index (χ4n) is 3.45. The Bertz CT molecular complexity index is 1250. The molecule has 1 aromatic heterocycles. The van der Waals surface area contributed by atoms with E-state index in [0.29, 0.717) is 22.7 Å². The minimum absolute atomic E-state index is 0.0323. The van der Waals surface area contributed by atoms with Crippen molar-refractivity contribution < 1.29 is 14.3 Å². The van der Waals surface area contributed by atoms with Crippen molar-refractivity contribution in [2.24, 2.45) is 0 Å². The SMILES string of the molecule is Cc1ccc(-c2nc(C(=O)NC3COc4cc(C#N)ccc4N(C)C3=O)ncc2C)cc1. The van der Waals surface area contributed by atoms with Crippen molar-refractivity contribution in [2.75, 3.05) is 18.6 Å². The van der Waals surface area contributed by atoms with Crippen molar-refractivity contribution in [3.63, 3.8) is 0 Å². The van der Waals surface area contributed by atoms with E-state index in [4.69, 9.17) is 10.00 Å². The van der Waals surface area contributed by atoms with Gasteiger partial charge in [0.15, 0.2) is 0 Å². The maximum absolute atomic E-state index is 12.9. The van der Waals surface area contributed by atoms with E-state index in [2.05, 4.69) is 15.3 Å². The van der Waals surface area contributed by atoms with Crippen LogP contribution in [0.3, 0.4) is 0 Å². The van der Waals surface area contributed by atoms with Crippen LogP contribution in [0.15, 0.2) is 48.7 Å². The number of aromatic nitrogens is 2. The van der Waals surface area contributed by atoms with Crippen LogP contribution in [0.2, 0.25) is 0 Å². The number of nitrogens with one attached hydrogen (secondary N) is 1. The van der Waals surface area contributed by atoms with Crippen LogP contribution in [0.25, 0.3) is 11.3 Å². The number of likely N-dealkylation sites (N-methyl/N-ethyl adjacent to an activating group) is 1. The fraction of sp³-hybridized carbons (Fsp3) is 0.208. The Labute approximate surface area is 185 Å². The van der Waals surface area contributed by atoms with Crippen LogP contribution in [0.5, 0.6) is 5.75 Å². The Kier molecular flexibility index (Phi) is 5.56. The summed E-state index contributed by atoms with van der Waals surface area (Å²) in [7, 11) is 1.60. The summed E-state index contributed by atoms with van der Waals surface area (Å²) in [5.41, 5.74) is 4.44. The standard InChI is InChI=1S/C24H21N5O3/c1-14-4-7-17(8-5-14)21-15(2)12-26-22(28-21)23(30)27-18-13-32-20-10-16(11-25)6-9-19(20)29(3)24(18)31/h4-10,12,18H,13H2,1-3H3,(H,27,30). The van der Waals surface area contributed by atoms with Crippen molar-refractivity contribution in [2.45, 2.75) is 19.9 Å². The van der Waals surface area contributed by atoms with Crippen LogP contribution < -0.4 is 15.0 Å². The number of amides is 2. The number of ether oxygens (including phenoxy) is 1. The number of carbonyl (C=O) groups is 2. The van der Waals surface area contributed by atoms with Gasteiger partial charge in [0.25, 0.3) is 11.8 Å². The minimum atomic E-state index is -0.932. The number of benzene rings is 2. The third-order valence-corrected chi connectivity index (χ3v) is 5.29. The average Bonchev–Trinajstić information content (AvgIpc) is 2.91. The molecule has 0 bridgehead atoms. The number of fused-ring (bicyclic) bond motifs is 1. The number of nitriles is 1. The molecule has 1 aliphatic rings. The van der Waals surface area contributed by atoms with Crippen molar-refractivity contribution in [1.82, 2.24) is 15.3 Å². The van der Waals surface area contributed by atoms with Gasteiger partial charge in [-0.2, -0.15) is 5.26 Å². The Balaban J connectivity index is 1.56. The zero-order valence-electron chi connectivity index (χ0n) is 17.9. The van der Waals surface area contributed by atoms with Gasteiger partial charge in [-0.25, -0.2) is 9.97 Å². The predicted octanol–water partition coefficient (Wildman–Crippen LogP) is 2.79. The lowest BCUT2D eigenvalue weighted by Crippen LogP contribution is -2.49. The molecule has 1 atom stereocenters. The van der Waals surface area contributed by atoms with Crippen molar-refractivity contribution in [3.8, 4) is 23.1 Å². The van der Waals surface area contributed by atoms with E-state index >= 15 is 0 Å². The molecule has 1 aliphatic heterocycles. The van der Waals surface area contributed by atoms with E-state index in [0.717, 1.165) is 16.7 Å². The first-order valence-corrected chi connectivity index (χ1v) is 10.0. The topological polar surface area (TPSA) is 108 Å². The lowest BCUT2D eigenvalue weighted by atomic mass is 10.1. The van der Waals surface area contributed by atoms with Crippen molar-refractivity contribution in [3.05, 3.63) is 71.2 Å². The summed E-state index contributed by atoms with van der Waals surface area (Å²) < 4.78 is 5.74. The summed E-state index contributed by atoms with van der Waals surface area (Å²) in [5, 5.41) is 11.8. The van der Waals surface area contributed by atoms with Gasteiger partial charge in [0, 0.05) is 24.9 Å². The lowest BCUT2D eigenvalue weighted by Gasteiger charge is -2.20. The molecule has 8 heteroatoms. The third-order valence-electron chi connectivity index (χ3n) is 5.29. The van der Waals surface area contributed by atoms with E-state index in [1.807, 2.05) is 44.2 Å². The Morgan fingerprint density at radius 3 is 2.69 bits per heavy atom. The highest BCUT2D eigenvalue weighted by molar-refractivity contribution is 6.02. The maximum Gasteiger partial charge on any atom is 0.289 e. The largest absolute Gasteiger partial charge is 0.489 e. The highest BCUT2D eigenvalue weighted by atomic mass is 16.5. The normalized spacial score (nSPS) is 15.2. The highest BCUT2D eigenvalue weighted by Crippen LogP contribution is 2.31. The van der Waals surface area contributed by atoms with E-state index in [9.17, 15) is 9.59 Å². The molecular formula is C24H21N5O3. The summed E-state index contributed by atoms with van der Waals surface area (Å²) in [6, 6.07) is 13.8. The number of carbonyl (C=O) groups excluding carboxylic acids is 2.